The Balaban J connectivity index is 2.13. The maximum Gasteiger partial charge on any atom is 0.108 e. The van der Waals surface area contributed by atoms with Gasteiger partial charge in [0.05, 0.1) is 0 Å². The Morgan fingerprint density at radius 2 is 2.43 bits per heavy atom. The van der Waals surface area contributed by atoms with Crippen LogP contribution in [0, 0.1) is 6.92 Å². The van der Waals surface area contributed by atoms with Crippen LogP contribution in [0.15, 0.2) is 10.5 Å². The van der Waals surface area contributed by atoms with Crippen molar-refractivity contribution in [1.82, 2.24) is 4.90 Å². The Morgan fingerprint density at radius 1 is 1.57 bits per heavy atom. The maximum absolute atomic E-state index is 5.65. The predicted molar refractivity (Wildman–Crippen MR) is 56.1 cm³/mol. The van der Waals surface area contributed by atoms with Crippen LogP contribution in [0.5, 0.6) is 0 Å². The van der Waals surface area contributed by atoms with E-state index >= 15 is 0 Å². The lowest BCUT2D eigenvalue weighted by Gasteiger charge is -2.18. The summed E-state index contributed by atoms with van der Waals surface area (Å²) in [5.74, 6) is 2.21. The monoisotopic (exact) mass is 194 g/mol. The molecule has 78 valence electrons. The number of hydrogen-bond donors (Lipinski definition) is 1. The van der Waals surface area contributed by atoms with E-state index in [4.69, 9.17) is 10.2 Å². The smallest absolute Gasteiger partial charge is 0.108 e. The van der Waals surface area contributed by atoms with Gasteiger partial charge in [0.1, 0.15) is 11.5 Å². The summed E-state index contributed by atoms with van der Waals surface area (Å²) in [5, 5.41) is 0. The van der Waals surface area contributed by atoms with E-state index in [1.807, 2.05) is 6.92 Å². The van der Waals surface area contributed by atoms with Gasteiger partial charge >= 0.3 is 0 Å². The largest absolute Gasteiger partial charge is 0.466 e. The van der Waals surface area contributed by atoms with Crippen molar-refractivity contribution in [3.63, 3.8) is 0 Å². The summed E-state index contributed by atoms with van der Waals surface area (Å²) < 4.78 is 5.65. The molecule has 0 bridgehead atoms. The van der Waals surface area contributed by atoms with Crippen LogP contribution in [0.25, 0.3) is 0 Å². The van der Waals surface area contributed by atoms with Crippen molar-refractivity contribution < 1.29 is 4.42 Å². The van der Waals surface area contributed by atoms with Crippen LogP contribution in [0.3, 0.4) is 0 Å². The minimum atomic E-state index is 0.742. The van der Waals surface area contributed by atoms with Crippen molar-refractivity contribution in [2.75, 3.05) is 19.6 Å². The number of fused-ring (bicyclic) bond motifs is 1. The first kappa shape index (κ1) is 9.74. The Morgan fingerprint density at radius 3 is 3.21 bits per heavy atom. The lowest BCUT2D eigenvalue weighted by atomic mass is 10.2. The molecule has 0 saturated carbocycles. The molecule has 3 nitrogen and oxygen atoms in total. The molecule has 0 unspecified atom stereocenters. The van der Waals surface area contributed by atoms with E-state index in [9.17, 15) is 0 Å². The molecule has 0 aromatic carbocycles. The Labute approximate surface area is 84.9 Å². The van der Waals surface area contributed by atoms with E-state index in [1.165, 1.54) is 17.7 Å². The fourth-order valence-electron chi connectivity index (χ4n) is 2.12. The standard InChI is InChI=1S/C11H18N2O/c1-9-7-10-8-13(6-4-12)5-2-3-11(10)14-9/h7H,2-6,8,12H2,1H3. The third-order valence-corrected chi connectivity index (χ3v) is 2.74. The fraction of sp³-hybridized carbons (Fsp3) is 0.636. The van der Waals surface area contributed by atoms with Crippen LogP contribution < -0.4 is 5.73 Å². The van der Waals surface area contributed by atoms with Gasteiger partial charge in [-0.1, -0.05) is 0 Å². The summed E-state index contributed by atoms with van der Waals surface area (Å²) in [5.41, 5.74) is 6.93. The second kappa shape index (κ2) is 4.15. The van der Waals surface area contributed by atoms with Gasteiger partial charge in [-0.15, -0.1) is 0 Å². The van der Waals surface area contributed by atoms with Gasteiger partial charge in [-0.3, -0.25) is 4.90 Å². The van der Waals surface area contributed by atoms with Crippen LogP contribution in [-0.4, -0.2) is 24.5 Å². The molecule has 0 saturated heterocycles. The highest BCUT2D eigenvalue weighted by molar-refractivity contribution is 5.22. The van der Waals surface area contributed by atoms with Crippen molar-refractivity contribution in [3.05, 3.63) is 23.2 Å². The minimum absolute atomic E-state index is 0.742. The minimum Gasteiger partial charge on any atom is -0.466 e. The molecular formula is C11H18N2O. The van der Waals surface area contributed by atoms with Crippen molar-refractivity contribution in [3.8, 4) is 0 Å². The van der Waals surface area contributed by atoms with Gasteiger partial charge in [-0.2, -0.15) is 0 Å². The van der Waals surface area contributed by atoms with Gasteiger partial charge < -0.3 is 10.2 Å². The third-order valence-electron chi connectivity index (χ3n) is 2.74. The quantitative estimate of drug-likeness (QED) is 0.771. The predicted octanol–water partition coefficient (Wildman–Crippen LogP) is 1.29. The molecule has 2 N–H and O–H groups in total. The number of furan rings is 1. The third kappa shape index (κ3) is 1.99. The zero-order valence-electron chi connectivity index (χ0n) is 8.75. The Bertz CT molecular complexity index is 306. The van der Waals surface area contributed by atoms with Crippen molar-refractivity contribution in [2.24, 2.45) is 5.73 Å². The molecule has 0 spiro atoms. The molecule has 2 heterocycles. The summed E-state index contributed by atoms with van der Waals surface area (Å²) in [6, 6.07) is 2.16. The molecule has 0 aliphatic carbocycles. The van der Waals surface area contributed by atoms with Gasteiger partial charge in [0, 0.05) is 31.6 Å². The highest BCUT2D eigenvalue weighted by atomic mass is 16.3. The van der Waals surface area contributed by atoms with Crippen LogP contribution >= 0.6 is 0 Å². The fourth-order valence-corrected chi connectivity index (χ4v) is 2.12. The van der Waals surface area contributed by atoms with E-state index in [0.717, 1.165) is 38.4 Å². The van der Waals surface area contributed by atoms with Crippen molar-refractivity contribution >= 4 is 0 Å². The molecule has 1 aromatic rings. The van der Waals surface area contributed by atoms with Crippen molar-refractivity contribution in [2.45, 2.75) is 26.3 Å². The van der Waals surface area contributed by atoms with E-state index in [2.05, 4.69) is 11.0 Å². The number of nitrogens with two attached hydrogens (primary N) is 1. The molecule has 1 aliphatic rings. The topological polar surface area (TPSA) is 42.4 Å². The maximum atomic E-state index is 5.65. The molecule has 0 fully saturated rings. The van der Waals surface area contributed by atoms with Gasteiger partial charge in [0.15, 0.2) is 0 Å². The van der Waals surface area contributed by atoms with Crippen LogP contribution in [0.4, 0.5) is 0 Å². The van der Waals surface area contributed by atoms with Crippen LogP contribution in [-0.2, 0) is 13.0 Å². The zero-order valence-corrected chi connectivity index (χ0v) is 8.75. The van der Waals surface area contributed by atoms with Crippen LogP contribution in [0.1, 0.15) is 23.5 Å². The molecule has 1 aliphatic heterocycles. The first-order valence-electron chi connectivity index (χ1n) is 5.30. The molecule has 2 rings (SSSR count). The van der Waals surface area contributed by atoms with E-state index in [0.29, 0.717) is 0 Å². The summed E-state index contributed by atoms with van der Waals surface area (Å²) in [7, 11) is 0. The second-order valence-corrected chi connectivity index (χ2v) is 3.97. The number of hydrogen-bond acceptors (Lipinski definition) is 3. The SMILES string of the molecule is Cc1cc2c(o1)CCCN(CCN)C2. The molecule has 0 radical (unpaired) electrons. The molecule has 3 heteroatoms. The van der Waals surface area contributed by atoms with Crippen molar-refractivity contribution in [1.29, 1.82) is 0 Å². The summed E-state index contributed by atoms with van der Waals surface area (Å²) in [6.07, 6.45) is 2.25. The summed E-state index contributed by atoms with van der Waals surface area (Å²) in [6.45, 7) is 5.89. The molecular weight excluding hydrogens is 176 g/mol. The lowest BCUT2D eigenvalue weighted by molar-refractivity contribution is 0.277. The first-order valence-corrected chi connectivity index (χ1v) is 5.30. The van der Waals surface area contributed by atoms with Gasteiger partial charge in [-0.05, 0) is 26.0 Å². The van der Waals surface area contributed by atoms with Gasteiger partial charge in [0.25, 0.3) is 0 Å². The first-order chi connectivity index (χ1) is 6.79. The highest BCUT2D eigenvalue weighted by Crippen LogP contribution is 2.21. The Kier molecular flexibility index (Phi) is 2.89. The lowest BCUT2D eigenvalue weighted by Crippen LogP contribution is -2.29. The molecule has 0 amide bonds. The normalized spacial score (nSPS) is 17.9. The number of rotatable bonds is 2. The number of aryl methyl sites for hydroxylation is 2. The van der Waals surface area contributed by atoms with Gasteiger partial charge in [0.2, 0.25) is 0 Å². The van der Waals surface area contributed by atoms with E-state index < -0.39 is 0 Å². The Hall–Kier alpha value is -0.800. The van der Waals surface area contributed by atoms with E-state index in [-0.39, 0.29) is 0 Å². The number of nitrogens with zero attached hydrogens (tertiary/aromatic N) is 1. The molecule has 0 atom stereocenters. The van der Waals surface area contributed by atoms with Crippen LogP contribution in [0.2, 0.25) is 0 Å². The molecule has 14 heavy (non-hydrogen) atoms. The summed E-state index contributed by atoms with van der Waals surface area (Å²) >= 11 is 0. The highest BCUT2D eigenvalue weighted by Gasteiger charge is 2.16. The second-order valence-electron chi connectivity index (χ2n) is 3.97. The zero-order chi connectivity index (χ0) is 9.97. The average molecular weight is 194 g/mol. The molecule has 1 aromatic heterocycles. The summed E-state index contributed by atoms with van der Waals surface area (Å²) in [4.78, 5) is 2.40. The van der Waals surface area contributed by atoms with Gasteiger partial charge in [-0.25, -0.2) is 0 Å². The van der Waals surface area contributed by atoms with E-state index in [1.54, 1.807) is 0 Å². The average Bonchev–Trinajstić information content (AvgIpc) is 2.37.